The maximum absolute atomic E-state index is 5.97. The third-order valence-corrected chi connectivity index (χ3v) is 3.55. The van der Waals surface area contributed by atoms with E-state index in [9.17, 15) is 0 Å². The third kappa shape index (κ3) is 2.51. The van der Waals surface area contributed by atoms with Gasteiger partial charge >= 0.3 is 0 Å². The summed E-state index contributed by atoms with van der Waals surface area (Å²) >= 11 is 5.97. The zero-order valence-electron chi connectivity index (χ0n) is 10.4. The monoisotopic (exact) mass is 264 g/mol. The van der Waals surface area contributed by atoms with Crippen molar-refractivity contribution in [2.75, 3.05) is 19.6 Å². The van der Waals surface area contributed by atoms with E-state index in [4.69, 9.17) is 11.6 Å². The zero-order valence-corrected chi connectivity index (χ0v) is 11.2. The Kier molecular flexibility index (Phi) is 3.24. The summed E-state index contributed by atoms with van der Waals surface area (Å²) in [5, 5.41) is 4.19. The normalized spacial score (nSPS) is 21.6. The van der Waals surface area contributed by atoms with E-state index in [0.29, 0.717) is 6.04 Å². The van der Waals surface area contributed by atoms with Gasteiger partial charge in [-0.15, -0.1) is 0 Å². The zero-order chi connectivity index (χ0) is 12.5. The quantitative estimate of drug-likeness (QED) is 0.872. The van der Waals surface area contributed by atoms with E-state index in [2.05, 4.69) is 27.1 Å². The molecule has 1 saturated heterocycles. The number of aromatic amines is 1. The summed E-state index contributed by atoms with van der Waals surface area (Å²) in [6, 6.07) is 6.31. The number of rotatable bonds is 2. The third-order valence-electron chi connectivity index (χ3n) is 3.32. The Morgan fingerprint density at radius 3 is 3.22 bits per heavy atom. The van der Waals surface area contributed by atoms with Crippen LogP contribution in [-0.4, -0.2) is 40.5 Å². The Labute approximate surface area is 111 Å². The molecule has 1 aliphatic rings. The minimum atomic E-state index is 0.553. The predicted octanol–water partition coefficient (Wildman–Crippen LogP) is 2.01. The summed E-state index contributed by atoms with van der Waals surface area (Å²) in [5.74, 6) is 1.02. The number of H-pyrrole nitrogens is 1. The van der Waals surface area contributed by atoms with Crippen LogP contribution in [0.2, 0.25) is 5.02 Å². The number of nitrogens with zero attached hydrogens (tertiary/aromatic N) is 2. The van der Waals surface area contributed by atoms with Crippen LogP contribution in [0.1, 0.15) is 12.7 Å². The van der Waals surface area contributed by atoms with Gasteiger partial charge in [0.1, 0.15) is 5.82 Å². The van der Waals surface area contributed by atoms with Gasteiger partial charge in [0.05, 0.1) is 17.6 Å². The van der Waals surface area contributed by atoms with E-state index in [1.807, 2.05) is 18.2 Å². The lowest BCUT2D eigenvalue weighted by Gasteiger charge is -2.31. The van der Waals surface area contributed by atoms with E-state index < -0.39 is 0 Å². The maximum atomic E-state index is 5.97. The molecule has 2 N–H and O–H groups in total. The van der Waals surface area contributed by atoms with Gasteiger partial charge in [-0.2, -0.15) is 0 Å². The van der Waals surface area contributed by atoms with Crippen molar-refractivity contribution >= 4 is 22.6 Å². The van der Waals surface area contributed by atoms with Gasteiger partial charge in [-0.25, -0.2) is 4.98 Å². The average Bonchev–Trinajstić information content (AvgIpc) is 2.70. The molecule has 0 unspecified atom stereocenters. The maximum Gasteiger partial charge on any atom is 0.121 e. The van der Waals surface area contributed by atoms with Crippen LogP contribution in [0.5, 0.6) is 0 Å². The van der Waals surface area contributed by atoms with Gasteiger partial charge in [-0.1, -0.05) is 11.6 Å². The van der Waals surface area contributed by atoms with Crippen LogP contribution in [0.4, 0.5) is 0 Å². The van der Waals surface area contributed by atoms with E-state index >= 15 is 0 Å². The Balaban J connectivity index is 1.78. The van der Waals surface area contributed by atoms with Crippen molar-refractivity contribution in [1.29, 1.82) is 0 Å². The Bertz CT molecular complexity index is 551. The predicted molar refractivity (Wildman–Crippen MR) is 73.8 cm³/mol. The number of nitrogens with one attached hydrogen (secondary N) is 2. The standard InChI is InChI=1S/C13H17ClN4/c1-9-7-18(5-4-15-9)8-13-16-11-3-2-10(14)6-12(11)17-13/h2-3,6,9,15H,4-5,7-8H2,1H3,(H,16,17)/t9-/m1/s1. The van der Waals surface area contributed by atoms with Crippen molar-refractivity contribution in [1.82, 2.24) is 20.2 Å². The van der Waals surface area contributed by atoms with Crippen LogP contribution in [0.25, 0.3) is 11.0 Å². The second-order valence-corrected chi connectivity index (χ2v) is 5.37. The first-order valence-corrected chi connectivity index (χ1v) is 6.68. The Morgan fingerprint density at radius 1 is 1.50 bits per heavy atom. The number of halogens is 1. The van der Waals surface area contributed by atoms with Crippen LogP contribution in [0.3, 0.4) is 0 Å². The van der Waals surface area contributed by atoms with Crippen molar-refractivity contribution in [3.05, 3.63) is 29.0 Å². The SMILES string of the molecule is C[C@@H]1CN(Cc2nc3ccc(Cl)cc3[nH]2)CCN1. The first-order chi connectivity index (χ1) is 8.70. The first-order valence-electron chi connectivity index (χ1n) is 6.30. The summed E-state index contributed by atoms with van der Waals surface area (Å²) in [6.45, 7) is 6.27. The van der Waals surface area contributed by atoms with Crippen molar-refractivity contribution in [3.8, 4) is 0 Å². The van der Waals surface area contributed by atoms with Gasteiger partial charge in [-0.05, 0) is 25.1 Å². The molecule has 0 radical (unpaired) electrons. The van der Waals surface area contributed by atoms with Crippen molar-refractivity contribution in [2.45, 2.75) is 19.5 Å². The highest BCUT2D eigenvalue weighted by Gasteiger charge is 2.16. The molecular formula is C13H17ClN4. The summed E-state index contributed by atoms with van der Waals surface area (Å²) in [5.41, 5.74) is 2.00. The van der Waals surface area contributed by atoms with E-state index in [0.717, 1.165) is 48.1 Å². The van der Waals surface area contributed by atoms with Gasteiger partial charge in [0.2, 0.25) is 0 Å². The van der Waals surface area contributed by atoms with Crippen molar-refractivity contribution in [3.63, 3.8) is 0 Å². The van der Waals surface area contributed by atoms with Crippen molar-refractivity contribution < 1.29 is 0 Å². The number of fused-ring (bicyclic) bond motifs is 1. The van der Waals surface area contributed by atoms with Crippen molar-refractivity contribution in [2.24, 2.45) is 0 Å². The molecular weight excluding hydrogens is 248 g/mol. The highest BCUT2D eigenvalue weighted by molar-refractivity contribution is 6.31. The van der Waals surface area contributed by atoms with Crippen LogP contribution < -0.4 is 5.32 Å². The minimum Gasteiger partial charge on any atom is -0.341 e. The lowest BCUT2D eigenvalue weighted by molar-refractivity contribution is 0.196. The molecule has 96 valence electrons. The summed E-state index contributed by atoms with van der Waals surface area (Å²) < 4.78 is 0. The summed E-state index contributed by atoms with van der Waals surface area (Å²) in [6.07, 6.45) is 0. The highest BCUT2D eigenvalue weighted by atomic mass is 35.5. The van der Waals surface area contributed by atoms with Crippen LogP contribution in [0.15, 0.2) is 18.2 Å². The molecule has 2 aromatic rings. The van der Waals surface area contributed by atoms with E-state index in [-0.39, 0.29) is 0 Å². The molecule has 5 heteroatoms. The molecule has 0 saturated carbocycles. The van der Waals surface area contributed by atoms with E-state index in [1.54, 1.807) is 0 Å². The highest BCUT2D eigenvalue weighted by Crippen LogP contribution is 2.18. The number of piperazine rings is 1. The number of aromatic nitrogens is 2. The molecule has 18 heavy (non-hydrogen) atoms. The fourth-order valence-electron chi connectivity index (χ4n) is 2.48. The molecule has 2 heterocycles. The Hall–Kier alpha value is -1.10. The molecule has 1 aromatic carbocycles. The number of imidazole rings is 1. The largest absolute Gasteiger partial charge is 0.341 e. The fourth-order valence-corrected chi connectivity index (χ4v) is 2.65. The number of benzene rings is 1. The number of hydrogen-bond donors (Lipinski definition) is 2. The van der Waals surface area contributed by atoms with Crippen LogP contribution >= 0.6 is 11.6 Å². The van der Waals surface area contributed by atoms with Gasteiger partial charge in [0.15, 0.2) is 0 Å². The van der Waals surface area contributed by atoms with Crippen LogP contribution in [-0.2, 0) is 6.54 Å². The lowest BCUT2D eigenvalue weighted by atomic mass is 10.2. The number of hydrogen-bond acceptors (Lipinski definition) is 3. The Morgan fingerprint density at radius 2 is 2.39 bits per heavy atom. The molecule has 1 atom stereocenters. The molecule has 0 spiro atoms. The van der Waals surface area contributed by atoms with E-state index in [1.165, 1.54) is 0 Å². The van der Waals surface area contributed by atoms with Gasteiger partial charge in [0.25, 0.3) is 0 Å². The molecule has 1 aromatic heterocycles. The molecule has 4 nitrogen and oxygen atoms in total. The molecule has 0 amide bonds. The molecule has 3 rings (SSSR count). The summed E-state index contributed by atoms with van der Waals surface area (Å²) in [4.78, 5) is 10.4. The second-order valence-electron chi connectivity index (χ2n) is 4.94. The molecule has 1 aliphatic heterocycles. The second kappa shape index (κ2) is 4.88. The van der Waals surface area contributed by atoms with Gasteiger partial charge in [0, 0.05) is 30.7 Å². The topological polar surface area (TPSA) is 44.0 Å². The fraction of sp³-hybridized carbons (Fsp3) is 0.462. The summed E-state index contributed by atoms with van der Waals surface area (Å²) in [7, 11) is 0. The lowest BCUT2D eigenvalue weighted by Crippen LogP contribution is -2.48. The van der Waals surface area contributed by atoms with Crippen LogP contribution in [0, 0.1) is 0 Å². The van der Waals surface area contributed by atoms with Gasteiger partial charge in [-0.3, -0.25) is 4.90 Å². The van der Waals surface area contributed by atoms with Gasteiger partial charge < -0.3 is 10.3 Å². The first kappa shape index (κ1) is 12.0. The average molecular weight is 265 g/mol. The molecule has 0 bridgehead atoms. The smallest absolute Gasteiger partial charge is 0.121 e. The minimum absolute atomic E-state index is 0.553. The molecule has 1 fully saturated rings. The molecule has 0 aliphatic carbocycles.